The summed E-state index contributed by atoms with van der Waals surface area (Å²) in [6.45, 7) is 4.90. The van der Waals surface area contributed by atoms with Crippen LogP contribution >= 0.6 is 0 Å². The molecule has 0 aromatic heterocycles. The smallest absolute Gasteiger partial charge is 0.243 e. The molecule has 0 amide bonds. The number of piperazine rings is 1. The Morgan fingerprint density at radius 3 is 2.85 bits per heavy atom. The SMILES string of the molecule is Cc1c(N)cccc1S(=O)(=O)N1CCN2CCCC2C1. The Kier molecular flexibility index (Phi) is 3.48. The Labute approximate surface area is 120 Å². The van der Waals surface area contributed by atoms with Crippen LogP contribution < -0.4 is 5.73 Å². The Morgan fingerprint density at radius 1 is 1.25 bits per heavy atom. The minimum absolute atomic E-state index is 0.351. The van der Waals surface area contributed by atoms with Crippen molar-refractivity contribution in [1.82, 2.24) is 9.21 Å². The molecule has 6 heteroatoms. The van der Waals surface area contributed by atoms with Crippen LogP contribution in [0.1, 0.15) is 18.4 Å². The van der Waals surface area contributed by atoms with Gasteiger partial charge in [0.25, 0.3) is 0 Å². The summed E-state index contributed by atoms with van der Waals surface area (Å²) in [4.78, 5) is 2.75. The minimum Gasteiger partial charge on any atom is -0.398 e. The van der Waals surface area contributed by atoms with Gasteiger partial charge in [-0.2, -0.15) is 4.31 Å². The van der Waals surface area contributed by atoms with Crippen LogP contribution in [0.25, 0.3) is 0 Å². The van der Waals surface area contributed by atoms with Crippen molar-refractivity contribution in [2.75, 3.05) is 31.9 Å². The van der Waals surface area contributed by atoms with Crippen LogP contribution in [0.4, 0.5) is 5.69 Å². The molecule has 0 aliphatic carbocycles. The predicted octanol–water partition coefficient (Wildman–Crippen LogP) is 1.05. The molecule has 0 radical (unpaired) electrons. The Morgan fingerprint density at radius 2 is 2.05 bits per heavy atom. The highest BCUT2D eigenvalue weighted by molar-refractivity contribution is 7.89. The molecular formula is C14H21N3O2S. The molecule has 0 saturated carbocycles. The van der Waals surface area contributed by atoms with Crippen molar-refractivity contribution < 1.29 is 8.42 Å². The molecule has 1 atom stereocenters. The molecule has 1 aromatic rings. The Balaban J connectivity index is 1.90. The number of fused-ring (bicyclic) bond motifs is 1. The number of sulfonamides is 1. The molecule has 3 rings (SSSR count). The fraction of sp³-hybridized carbons (Fsp3) is 0.571. The van der Waals surface area contributed by atoms with Gasteiger partial charge in [-0.05, 0) is 44.0 Å². The molecule has 2 saturated heterocycles. The molecule has 2 aliphatic rings. The summed E-state index contributed by atoms with van der Waals surface area (Å²) in [7, 11) is -3.43. The molecule has 2 aliphatic heterocycles. The van der Waals surface area contributed by atoms with E-state index in [1.807, 2.05) is 0 Å². The summed E-state index contributed by atoms with van der Waals surface area (Å²) < 4.78 is 27.2. The summed E-state index contributed by atoms with van der Waals surface area (Å²) >= 11 is 0. The number of hydrogen-bond donors (Lipinski definition) is 1. The number of nitrogens with two attached hydrogens (primary N) is 1. The zero-order valence-corrected chi connectivity index (χ0v) is 12.6. The number of benzene rings is 1. The van der Waals surface area contributed by atoms with Crippen molar-refractivity contribution >= 4 is 15.7 Å². The first-order valence-electron chi connectivity index (χ1n) is 7.09. The van der Waals surface area contributed by atoms with E-state index in [0.29, 0.717) is 35.3 Å². The van der Waals surface area contributed by atoms with Gasteiger partial charge in [-0.1, -0.05) is 6.07 Å². The van der Waals surface area contributed by atoms with Gasteiger partial charge in [0.15, 0.2) is 0 Å². The lowest BCUT2D eigenvalue weighted by Crippen LogP contribution is -2.51. The summed E-state index contributed by atoms with van der Waals surface area (Å²) in [6.07, 6.45) is 2.28. The zero-order chi connectivity index (χ0) is 14.3. The first kappa shape index (κ1) is 13.9. The van der Waals surface area contributed by atoms with Gasteiger partial charge >= 0.3 is 0 Å². The number of anilines is 1. The molecule has 2 N–H and O–H groups in total. The van der Waals surface area contributed by atoms with E-state index in [4.69, 9.17) is 5.73 Å². The highest BCUT2D eigenvalue weighted by atomic mass is 32.2. The van der Waals surface area contributed by atoms with Crippen LogP contribution in [0.15, 0.2) is 23.1 Å². The van der Waals surface area contributed by atoms with E-state index in [1.165, 1.54) is 6.42 Å². The van der Waals surface area contributed by atoms with E-state index in [2.05, 4.69) is 4.90 Å². The second-order valence-electron chi connectivity index (χ2n) is 5.67. The fourth-order valence-electron chi connectivity index (χ4n) is 3.23. The van der Waals surface area contributed by atoms with Crippen LogP contribution in [0.5, 0.6) is 0 Å². The number of rotatable bonds is 2. The largest absolute Gasteiger partial charge is 0.398 e. The van der Waals surface area contributed by atoms with Crippen molar-refractivity contribution in [3.8, 4) is 0 Å². The maximum Gasteiger partial charge on any atom is 0.243 e. The quantitative estimate of drug-likeness (QED) is 0.828. The van der Waals surface area contributed by atoms with Crippen molar-refractivity contribution in [2.45, 2.75) is 30.7 Å². The highest BCUT2D eigenvalue weighted by Crippen LogP contribution is 2.28. The Hall–Kier alpha value is -1.11. The van der Waals surface area contributed by atoms with E-state index in [1.54, 1.807) is 29.4 Å². The maximum atomic E-state index is 12.8. The lowest BCUT2D eigenvalue weighted by molar-refractivity contribution is 0.158. The van der Waals surface area contributed by atoms with E-state index in [9.17, 15) is 8.42 Å². The second kappa shape index (κ2) is 5.02. The van der Waals surface area contributed by atoms with E-state index in [-0.39, 0.29) is 0 Å². The maximum absolute atomic E-state index is 12.8. The van der Waals surface area contributed by atoms with Crippen LogP contribution in [-0.2, 0) is 10.0 Å². The summed E-state index contributed by atoms with van der Waals surface area (Å²) in [5.74, 6) is 0. The van der Waals surface area contributed by atoms with Gasteiger partial charge in [-0.3, -0.25) is 4.90 Å². The number of nitrogen functional groups attached to an aromatic ring is 1. The van der Waals surface area contributed by atoms with Crippen LogP contribution in [-0.4, -0.2) is 49.8 Å². The third-order valence-corrected chi connectivity index (χ3v) is 6.50. The molecule has 2 heterocycles. The van der Waals surface area contributed by atoms with E-state index in [0.717, 1.165) is 19.5 Å². The van der Waals surface area contributed by atoms with Gasteiger partial charge in [0.2, 0.25) is 10.0 Å². The van der Waals surface area contributed by atoms with Crippen LogP contribution in [0.3, 0.4) is 0 Å². The predicted molar refractivity (Wildman–Crippen MR) is 78.9 cm³/mol. The molecule has 20 heavy (non-hydrogen) atoms. The lowest BCUT2D eigenvalue weighted by atomic mass is 10.2. The zero-order valence-electron chi connectivity index (χ0n) is 11.7. The van der Waals surface area contributed by atoms with Gasteiger partial charge in [0.1, 0.15) is 0 Å². The molecule has 5 nitrogen and oxygen atoms in total. The van der Waals surface area contributed by atoms with Gasteiger partial charge in [-0.25, -0.2) is 8.42 Å². The highest BCUT2D eigenvalue weighted by Gasteiger charge is 2.36. The topological polar surface area (TPSA) is 66.6 Å². The third-order valence-electron chi connectivity index (χ3n) is 4.49. The lowest BCUT2D eigenvalue weighted by Gasteiger charge is -2.36. The standard InChI is InChI=1S/C14H21N3O2S/c1-11-13(15)5-2-6-14(11)20(18,19)17-9-8-16-7-3-4-12(16)10-17/h2,5-6,12H,3-4,7-10,15H2,1H3. The van der Waals surface area contributed by atoms with Crippen molar-refractivity contribution in [3.05, 3.63) is 23.8 Å². The minimum atomic E-state index is -3.43. The fourth-order valence-corrected chi connectivity index (χ4v) is 4.95. The van der Waals surface area contributed by atoms with Crippen molar-refractivity contribution in [1.29, 1.82) is 0 Å². The molecule has 2 fully saturated rings. The van der Waals surface area contributed by atoms with Gasteiger partial charge in [-0.15, -0.1) is 0 Å². The molecular weight excluding hydrogens is 274 g/mol. The van der Waals surface area contributed by atoms with Gasteiger partial charge in [0.05, 0.1) is 4.90 Å². The first-order valence-corrected chi connectivity index (χ1v) is 8.53. The monoisotopic (exact) mass is 295 g/mol. The normalized spacial score (nSPS) is 24.8. The summed E-state index contributed by atoms with van der Waals surface area (Å²) in [5.41, 5.74) is 7.03. The first-order chi connectivity index (χ1) is 9.50. The third kappa shape index (κ3) is 2.21. The molecule has 1 aromatic carbocycles. The van der Waals surface area contributed by atoms with Gasteiger partial charge < -0.3 is 5.73 Å². The summed E-state index contributed by atoms with van der Waals surface area (Å²) in [6, 6.07) is 5.49. The Bertz CT molecular complexity index is 615. The van der Waals surface area contributed by atoms with Crippen LogP contribution in [0.2, 0.25) is 0 Å². The second-order valence-corrected chi connectivity index (χ2v) is 7.57. The molecule has 110 valence electrons. The van der Waals surface area contributed by atoms with Crippen molar-refractivity contribution in [2.24, 2.45) is 0 Å². The average Bonchev–Trinajstić information content (AvgIpc) is 2.89. The van der Waals surface area contributed by atoms with Crippen molar-refractivity contribution in [3.63, 3.8) is 0 Å². The van der Waals surface area contributed by atoms with Gasteiger partial charge in [0, 0.05) is 31.4 Å². The number of hydrogen-bond acceptors (Lipinski definition) is 4. The molecule has 1 unspecified atom stereocenters. The summed E-state index contributed by atoms with van der Waals surface area (Å²) in [5, 5.41) is 0. The molecule has 0 spiro atoms. The van der Waals surface area contributed by atoms with E-state index < -0.39 is 10.0 Å². The average molecular weight is 295 g/mol. The number of nitrogens with zero attached hydrogens (tertiary/aromatic N) is 2. The van der Waals surface area contributed by atoms with E-state index >= 15 is 0 Å². The van der Waals surface area contributed by atoms with Crippen LogP contribution in [0, 0.1) is 6.92 Å². The molecule has 0 bridgehead atoms.